The van der Waals surface area contributed by atoms with Gasteiger partial charge in [0, 0.05) is 13.1 Å². The zero-order chi connectivity index (χ0) is 12.2. The molecule has 3 nitrogen and oxygen atoms in total. The maximum Gasteiger partial charge on any atom is 0.335 e. The molecule has 1 aromatic carbocycles. The average molecular weight is 219 g/mol. The van der Waals surface area contributed by atoms with Crippen LogP contribution in [0.4, 0.5) is 0 Å². The second-order valence-electron chi connectivity index (χ2n) is 2.91. The Kier molecular flexibility index (Phi) is 8.55. The van der Waals surface area contributed by atoms with Crippen molar-refractivity contribution in [2.45, 2.75) is 0 Å². The van der Waals surface area contributed by atoms with E-state index in [1.165, 1.54) is 0 Å². The Balaban J connectivity index is 0.000000293. The van der Waals surface area contributed by atoms with Crippen LogP contribution in [0.25, 0.3) is 0 Å². The molecule has 3 heteroatoms. The molecule has 0 radical (unpaired) electrons. The summed E-state index contributed by atoms with van der Waals surface area (Å²) in [7, 11) is 0. The number of nitrogens with one attached hydrogen (secondary N) is 1. The average Bonchev–Trinajstić information content (AvgIpc) is 2.32. The van der Waals surface area contributed by atoms with E-state index in [1.54, 1.807) is 30.3 Å². The highest BCUT2D eigenvalue weighted by Crippen LogP contribution is 1.96. The highest BCUT2D eigenvalue weighted by Gasteiger charge is 1.96. The molecule has 1 rings (SSSR count). The molecule has 1 aromatic rings. The number of hydrogen-bond acceptors (Lipinski definition) is 2. The predicted molar refractivity (Wildman–Crippen MR) is 66.7 cm³/mol. The van der Waals surface area contributed by atoms with E-state index in [9.17, 15) is 4.79 Å². The number of carboxylic acid groups (broad SMARTS) is 1. The summed E-state index contributed by atoms with van der Waals surface area (Å²) in [4.78, 5) is 10.2. The monoisotopic (exact) mass is 219 g/mol. The second kappa shape index (κ2) is 9.68. The maximum absolute atomic E-state index is 10.2. The van der Waals surface area contributed by atoms with E-state index >= 15 is 0 Å². The Morgan fingerprint density at radius 3 is 2.00 bits per heavy atom. The van der Waals surface area contributed by atoms with Gasteiger partial charge < -0.3 is 10.4 Å². The summed E-state index contributed by atoms with van der Waals surface area (Å²) < 4.78 is 0. The van der Waals surface area contributed by atoms with Crippen molar-refractivity contribution in [2.24, 2.45) is 0 Å². The first-order valence-electron chi connectivity index (χ1n) is 4.93. The van der Waals surface area contributed by atoms with Gasteiger partial charge in [-0.3, -0.25) is 0 Å². The fourth-order valence-corrected chi connectivity index (χ4v) is 0.868. The van der Waals surface area contributed by atoms with Crippen molar-refractivity contribution < 1.29 is 9.90 Å². The summed E-state index contributed by atoms with van der Waals surface area (Å²) in [5, 5.41) is 11.4. The van der Waals surface area contributed by atoms with Gasteiger partial charge in [-0.25, -0.2) is 4.79 Å². The van der Waals surface area contributed by atoms with E-state index in [4.69, 9.17) is 5.11 Å². The number of benzene rings is 1. The number of hydrogen-bond donors (Lipinski definition) is 2. The van der Waals surface area contributed by atoms with Crippen molar-refractivity contribution in [1.29, 1.82) is 0 Å². The zero-order valence-corrected chi connectivity index (χ0v) is 9.23. The molecule has 0 aromatic heterocycles. The Morgan fingerprint density at radius 2 is 1.69 bits per heavy atom. The molecular weight excluding hydrogens is 202 g/mol. The Morgan fingerprint density at radius 1 is 1.19 bits per heavy atom. The number of carboxylic acids is 1. The largest absolute Gasteiger partial charge is 0.478 e. The lowest BCUT2D eigenvalue weighted by Crippen LogP contribution is -2.11. The fourth-order valence-electron chi connectivity index (χ4n) is 0.868. The van der Waals surface area contributed by atoms with Crippen LogP contribution in [-0.2, 0) is 0 Å². The van der Waals surface area contributed by atoms with Gasteiger partial charge in [0.05, 0.1) is 5.56 Å². The van der Waals surface area contributed by atoms with E-state index in [-0.39, 0.29) is 0 Å². The minimum Gasteiger partial charge on any atom is -0.478 e. The Hall–Kier alpha value is -1.87. The van der Waals surface area contributed by atoms with E-state index in [1.807, 2.05) is 12.2 Å². The van der Waals surface area contributed by atoms with Crippen LogP contribution in [0.2, 0.25) is 0 Å². The highest BCUT2D eigenvalue weighted by atomic mass is 16.4. The van der Waals surface area contributed by atoms with Crippen LogP contribution in [0, 0.1) is 0 Å². The molecule has 0 aliphatic heterocycles. The molecule has 0 aliphatic carbocycles. The number of aromatic carboxylic acids is 1. The standard InChI is InChI=1S/C7H6O2.C6H11N/c8-7(9)6-4-2-1-3-5-6;1-3-5-7-6-4-2/h1-5H,(H,8,9);3-4,7H,1-2,5-6H2. The summed E-state index contributed by atoms with van der Waals surface area (Å²) in [5.41, 5.74) is 0.331. The smallest absolute Gasteiger partial charge is 0.335 e. The molecule has 0 bridgehead atoms. The molecule has 0 unspecified atom stereocenters. The van der Waals surface area contributed by atoms with Crippen molar-refractivity contribution in [2.75, 3.05) is 13.1 Å². The van der Waals surface area contributed by atoms with Crippen LogP contribution >= 0.6 is 0 Å². The van der Waals surface area contributed by atoms with Crippen LogP contribution in [0.3, 0.4) is 0 Å². The van der Waals surface area contributed by atoms with E-state index in [0.717, 1.165) is 13.1 Å². The first kappa shape index (κ1) is 14.1. The molecule has 0 spiro atoms. The quantitative estimate of drug-likeness (QED) is 0.590. The zero-order valence-electron chi connectivity index (χ0n) is 9.23. The van der Waals surface area contributed by atoms with Gasteiger partial charge in [0.1, 0.15) is 0 Å². The molecule has 16 heavy (non-hydrogen) atoms. The minimum atomic E-state index is -0.879. The molecular formula is C13H17NO2. The van der Waals surface area contributed by atoms with Gasteiger partial charge in [-0.1, -0.05) is 30.4 Å². The summed E-state index contributed by atoms with van der Waals surface area (Å²) in [6.07, 6.45) is 3.65. The molecule has 0 amide bonds. The van der Waals surface area contributed by atoms with Crippen molar-refractivity contribution in [1.82, 2.24) is 5.32 Å². The summed E-state index contributed by atoms with van der Waals surface area (Å²) in [5.74, 6) is -0.879. The van der Waals surface area contributed by atoms with Crippen molar-refractivity contribution in [3.05, 3.63) is 61.2 Å². The lowest BCUT2D eigenvalue weighted by atomic mass is 10.2. The molecule has 0 heterocycles. The third-order valence-corrected chi connectivity index (χ3v) is 1.60. The Bertz CT molecular complexity index is 312. The highest BCUT2D eigenvalue weighted by molar-refractivity contribution is 5.87. The molecule has 86 valence electrons. The minimum absolute atomic E-state index is 0.331. The first-order chi connectivity index (χ1) is 7.72. The van der Waals surface area contributed by atoms with Crippen LogP contribution in [0.5, 0.6) is 0 Å². The van der Waals surface area contributed by atoms with Crippen LogP contribution in [-0.4, -0.2) is 24.2 Å². The Labute approximate surface area is 96.1 Å². The van der Waals surface area contributed by atoms with Gasteiger partial charge in [-0.2, -0.15) is 0 Å². The topological polar surface area (TPSA) is 49.3 Å². The van der Waals surface area contributed by atoms with Crippen molar-refractivity contribution in [3.63, 3.8) is 0 Å². The summed E-state index contributed by atoms with van der Waals surface area (Å²) in [6.45, 7) is 8.81. The number of carbonyl (C=O) groups is 1. The lowest BCUT2D eigenvalue weighted by Gasteiger charge is -1.90. The lowest BCUT2D eigenvalue weighted by molar-refractivity contribution is 0.0697. The fraction of sp³-hybridized carbons (Fsp3) is 0.154. The second-order valence-corrected chi connectivity index (χ2v) is 2.91. The molecule has 0 fully saturated rings. The molecule has 0 aliphatic rings. The first-order valence-corrected chi connectivity index (χ1v) is 4.93. The summed E-state index contributed by atoms with van der Waals surface area (Å²) >= 11 is 0. The van der Waals surface area contributed by atoms with Crippen molar-refractivity contribution in [3.8, 4) is 0 Å². The van der Waals surface area contributed by atoms with Crippen LogP contribution < -0.4 is 5.32 Å². The third-order valence-electron chi connectivity index (χ3n) is 1.60. The molecule has 2 N–H and O–H groups in total. The van der Waals surface area contributed by atoms with Gasteiger partial charge in [0.2, 0.25) is 0 Å². The molecule has 0 atom stereocenters. The van der Waals surface area contributed by atoms with E-state index in [0.29, 0.717) is 5.56 Å². The van der Waals surface area contributed by atoms with Crippen LogP contribution in [0.1, 0.15) is 10.4 Å². The predicted octanol–water partition coefficient (Wildman–Crippen LogP) is 2.33. The van der Waals surface area contributed by atoms with E-state index in [2.05, 4.69) is 18.5 Å². The van der Waals surface area contributed by atoms with Gasteiger partial charge in [-0.05, 0) is 12.1 Å². The normalized spacial score (nSPS) is 8.50. The van der Waals surface area contributed by atoms with Crippen LogP contribution in [0.15, 0.2) is 55.6 Å². The van der Waals surface area contributed by atoms with Gasteiger partial charge >= 0.3 is 5.97 Å². The molecule has 0 saturated heterocycles. The molecule has 0 saturated carbocycles. The van der Waals surface area contributed by atoms with Gasteiger partial charge in [0.15, 0.2) is 0 Å². The summed E-state index contributed by atoms with van der Waals surface area (Å²) in [6, 6.07) is 8.30. The number of rotatable bonds is 5. The third kappa shape index (κ3) is 7.53. The van der Waals surface area contributed by atoms with E-state index < -0.39 is 5.97 Å². The van der Waals surface area contributed by atoms with Gasteiger partial charge in [0.25, 0.3) is 0 Å². The van der Waals surface area contributed by atoms with Crippen molar-refractivity contribution >= 4 is 5.97 Å². The maximum atomic E-state index is 10.2. The van der Waals surface area contributed by atoms with Gasteiger partial charge in [-0.15, -0.1) is 13.2 Å². The SMILES string of the molecule is C=CCNCC=C.O=C(O)c1ccccc1.